The van der Waals surface area contributed by atoms with Gasteiger partial charge in [0.2, 0.25) is 0 Å². The standard InChI is InChI=1S/C16H25FN2/c1-13-7-10-19(11-8-14(2)18-13)12-9-15-5-3-4-6-16(15)17/h3-6,13-14,18H,7-12H2,1-2H3. The van der Waals surface area contributed by atoms with E-state index in [1.807, 2.05) is 12.1 Å². The summed E-state index contributed by atoms with van der Waals surface area (Å²) in [5.74, 6) is -0.0713. The van der Waals surface area contributed by atoms with Crippen LogP contribution in [0, 0.1) is 5.82 Å². The SMILES string of the molecule is CC1CCN(CCc2ccccc2F)CCC(C)N1. The smallest absolute Gasteiger partial charge is 0.126 e. The monoisotopic (exact) mass is 264 g/mol. The summed E-state index contributed by atoms with van der Waals surface area (Å²) in [4.78, 5) is 2.47. The molecule has 3 heteroatoms. The van der Waals surface area contributed by atoms with Crippen LogP contribution in [0.3, 0.4) is 0 Å². The highest BCUT2D eigenvalue weighted by Gasteiger charge is 2.15. The van der Waals surface area contributed by atoms with Crippen LogP contribution < -0.4 is 5.32 Å². The number of halogens is 1. The number of nitrogens with one attached hydrogen (secondary N) is 1. The minimum Gasteiger partial charge on any atom is -0.312 e. The third-order valence-electron chi connectivity index (χ3n) is 3.98. The molecule has 0 bridgehead atoms. The molecule has 106 valence electrons. The van der Waals surface area contributed by atoms with Crippen molar-refractivity contribution in [1.82, 2.24) is 10.2 Å². The van der Waals surface area contributed by atoms with Crippen LogP contribution in [0.2, 0.25) is 0 Å². The van der Waals surface area contributed by atoms with Crippen molar-refractivity contribution in [2.75, 3.05) is 19.6 Å². The van der Waals surface area contributed by atoms with Crippen LogP contribution in [0.4, 0.5) is 4.39 Å². The first-order chi connectivity index (χ1) is 9.15. The zero-order valence-electron chi connectivity index (χ0n) is 12.0. The van der Waals surface area contributed by atoms with Crippen molar-refractivity contribution in [2.24, 2.45) is 0 Å². The fraction of sp³-hybridized carbons (Fsp3) is 0.625. The van der Waals surface area contributed by atoms with Crippen LogP contribution in [0.1, 0.15) is 32.3 Å². The highest BCUT2D eigenvalue weighted by Crippen LogP contribution is 2.10. The van der Waals surface area contributed by atoms with Gasteiger partial charge in [0, 0.05) is 18.6 Å². The molecule has 1 aromatic carbocycles. The van der Waals surface area contributed by atoms with Crippen molar-refractivity contribution in [3.05, 3.63) is 35.6 Å². The van der Waals surface area contributed by atoms with Gasteiger partial charge in [-0.2, -0.15) is 0 Å². The molecule has 2 rings (SSSR count). The second kappa shape index (κ2) is 7.01. The summed E-state index contributed by atoms with van der Waals surface area (Å²) < 4.78 is 13.6. The Labute approximate surface area is 116 Å². The van der Waals surface area contributed by atoms with Crippen molar-refractivity contribution in [3.63, 3.8) is 0 Å². The summed E-state index contributed by atoms with van der Waals surface area (Å²) >= 11 is 0. The van der Waals surface area contributed by atoms with E-state index in [2.05, 4.69) is 24.1 Å². The molecule has 1 N–H and O–H groups in total. The van der Waals surface area contributed by atoms with E-state index in [9.17, 15) is 4.39 Å². The number of hydrogen-bond donors (Lipinski definition) is 1. The normalized spacial score (nSPS) is 25.8. The second-order valence-electron chi connectivity index (χ2n) is 5.73. The lowest BCUT2D eigenvalue weighted by Crippen LogP contribution is -2.43. The first kappa shape index (κ1) is 14.5. The number of hydrogen-bond acceptors (Lipinski definition) is 2. The van der Waals surface area contributed by atoms with Gasteiger partial charge in [-0.15, -0.1) is 0 Å². The molecule has 1 aliphatic rings. The fourth-order valence-corrected chi connectivity index (χ4v) is 2.72. The first-order valence-corrected chi connectivity index (χ1v) is 7.37. The van der Waals surface area contributed by atoms with Gasteiger partial charge >= 0.3 is 0 Å². The van der Waals surface area contributed by atoms with Crippen LogP contribution in [-0.2, 0) is 6.42 Å². The molecule has 1 fully saturated rings. The first-order valence-electron chi connectivity index (χ1n) is 7.37. The predicted octanol–water partition coefficient (Wildman–Crippen LogP) is 2.83. The molecule has 0 radical (unpaired) electrons. The summed E-state index contributed by atoms with van der Waals surface area (Å²) in [5, 5.41) is 3.60. The van der Waals surface area contributed by atoms with Gasteiger partial charge in [-0.1, -0.05) is 18.2 Å². The van der Waals surface area contributed by atoms with Crippen LogP contribution in [0.15, 0.2) is 24.3 Å². The van der Waals surface area contributed by atoms with Crippen LogP contribution in [0.5, 0.6) is 0 Å². The molecule has 0 saturated carbocycles. The van der Waals surface area contributed by atoms with E-state index in [1.54, 1.807) is 12.1 Å². The lowest BCUT2D eigenvalue weighted by Gasteiger charge is -2.30. The molecule has 0 spiro atoms. The third-order valence-corrected chi connectivity index (χ3v) is 3.98. The van der Waals surface area contributed by atoms with Crippen molar-refractivity contribution in [1.29, 1.82) is 0 Å². The summed E-state index contributed by atoms with van der Waals surface area (Å²) in [6.07, 6.45) is 3.14. The van der Waals surface area contributed by atoms with Gasteiger partial charge in [0.1, 0.15) is 5.82 Å². The van der Waals surface area contributed by atoms with E-state index in [0.717, 1.165) is 31.6 Å². The number of benzene rings is 1. The van der Waals surface area contributed by atoms with Gasteiger partial charge in [0.05, 0.1) is 0 Å². The molecule has 2 nitrogen and oxygen atoms in total. The molecule has 1 heterocycles. The minimum atomic E-state index is -0.0713. The minimum absolute atomic E-state index is 0.0713. The quantitative estimate of drug-likeness (QED) is 0.903. The molecule has 1 aromatic rings. The predicted molar refractivity (Wildman–Crippen MR) is 77.8 cm³/mol. The van der Waals surface area contributed by atoms with Crippen molar-refractivity contribution in [2.45, 2.75) is 45.2 Å². The van der Waals surface area contributed by atoms with E-state index in [0.29, 0.717) is 12.1 Å². The molecule has 2 unspecified atom stereocenters. The molecule has 19 heavy (non-hydrogen) atoms. The Hall–Kier alpha value is -0.930. The van der Waals surface area contributed by atoms with Crippen molar-refractivity contribution in [3.8, 4) is 0 Å². The molecule has 0 aliphatic carbocycles. The van der Waals surface area contributed by atoms with Crippen LogP contribution in [0.25, 0.3) is 0 Å². The van der Waals surface area contributed by atoms with Gasteiger partial charge in [-0.25, -0.2) is 4.39 Å². The molecule has 1 aliphatic heterocycles. The fourth-order valence-electron chi connectivity index (χ4n) is 2.72. The average molecular weight is 264 g/mol. The van der Waals surface area contributed by atoms with E-state index in [-0.39, 0.29) is 5.82 Å². The molecule has 0 aromatic heterocycles. The zero-order chi connectivity index (χ0) is 13.7. The summed E-state index contributed by atoms with van der Waals surface area (Å²) in [6, 6.07) is 8.27. The molecule has 0 amide bonds. The maximum Gasteiger partial charge on any atom is 0.126 e. The maximum atomic E-state index is 13.6. The Balaban J connectivity index is 1.86. The Bertz CT molecular complexity index is 382. The number of rotatable bonds is 3. The topological polar surface area (TPSA) is 15.3 Å². The lowest BCUT2D eigenvalue weighted by molar-refractivity contribution is 0.220. The third kappa shape index (κ3) is 4.59. The Morgan fingerprint density at radius 1 is 1.16 bits per heavy atom. The van der Waals surface area contributed by atoms with Gasteiger partial charge in [0.15, 0.2) is 0 Å². The van der Waals surface area contributed by atoms with Gasteiger partial charge < -0.3 is 10.2 Å². The van der Waals surface area contributed by atoms with Crippen molar-refractivity contribution >= 4 is 0 Å². The Kier molecular flexibility index (Phi) is 5.34. The summed E-state index contributed by atoms with van der Waals surface area (Å²) in [5.41, 5.74) is 0.837. The van der Waals surface area contributed by atoms with Crippen LogP contribution >= 0.6 is 0 Å². The highest BCUT2D eigenvalue weighted by atomic mass is 19.1. The average Bonchev–Trinajstić information content (AvgIpc) is 2.37. The zero-order valence-corrected chi connectivity index (χ0v) is 12.0. The highest BCUT2D eigenvalue weighted by molar-refractivity contribution is 5.17. The largest absolute Gasteiger partial charge is 0.312 e. The van der Waals surface area contributed by atoms with E-state index < -0.39 is 0 Å². The summed E-state index contributed by atoms with van der Waals surface area (Å²) in [6.45, 7) is 7.67. The lowest BCUT2D eigenvalue weighted by atomic mass is 10.1. The molecular formula is C16H25FN2. The van der Waals surface area contributed by atoms with Gasteiger partial charge in [-0.05, 0) is 57.8 Å². The van der Waals surface area contributed by atoms with Gasteiger partial charge in [0.25, 0.3) is 0 Å². The maximum absolute atomic E-state index is 13.6. The van der Waals surface area contributed by atoms with E-state index >= 15 is 0 Å². The van der Waals surface area contributed by atoms with E-state index in [1.165, 1.54) is 12.8 Å². The number of nitrogens with zero attached hydrogens (tertiary/aromatic N) is 1. The Morgan fingerprint density at radius 3 is 2.42 bits per heavy atom. The molecule has 1 saturated heterocycles. The summed E-state index contributed by atoms with van der Waals surface area (Å²) in [7, 11) is 0. The second-order valence-corrected chi connectivity index (χ2v) is 5.73. The Morgan fingerprint density at radius 2 is 1.79 bits per heavy atom. The van der Waals surface area contributed by atoms with Gasteiger partial charge in [-0.3, -0.25) is 0 Å². The van der Waals surface area contributed by atoms with E-state index in [4.69, 9.17) is 0 Å². The van der Waals surface area contributed by atoms with Crippen LogP contribution in [-0.4, -0.2) is 36.6 Å². The molecular weight excluding hydrogens is 239 g/mol. The van der Waals surface area contributed by atoms with Crippen molar-refractivity contribution < 1.29 is 4.39 Å². The molecule has 2 atom stereocenters.